The minimum atomic E-state index is -0.704. The number of halogens is 1. The predicted octanol–water partition coefficient (Wildman–Crippen LogP) is 3.34. The normalized spacial score (nSPS) is 17.6. The van der Waals surface area contributed by atoms with Gasteiger partial charge in [-0.1, -0.05) is 35.9 Å². The minimum absolute atomic E-state index is 0.131. The number of rotatable bonds is 7. The van der Waals surface area contributed by atoms with Crippen molar-refractivity contribution >= 4 is 35.1 Å². The molecular weight excluding hydrogens is 444 g/mol. The van der Waals surface area contributed by atoms with E-state index in [1.54, 1.807) is 61.7 Å². The van der Waals surface area contributed by atoms with Crippen LogP contribution in [0.4, 0.5) is 10.5 Å². The van der Waals surface area contributed by atoms with E-state index in [9.17, 15) is 14.4 Å². The van der Waals surface area contributed by atoms with E-state index in [2.05, 4.69) is 17.2 Å². The van der Waals surface area contributed by atoms with Crippen molar-refractivity contribution < 1.29 is 19.1 Å². The molecule has 33 heavy (non-hydrogen) atoms. The SMILES string of the molecule is C=CCN1C(=O)NC(c2ccccc2Cl)C2=C1CN(CC(=O)Nc1ccc(OC)cc1)C2=O. The highest BCUT2D eigenvalue weighted by Crippen LogP contribution is 2.38. The summed E-state index contributed by atoms with van der Waals surface area (Å²) in [6, 6.07) is 12.9. The van der Waals surface area contributed by atoms with Crippen LogP contribution < -0.4 is 15.4 Å². The summed E-state index contributed by atoms with van der Waals surface area (Å²) >= 11 is 6.37. The Hall–Kier alpha value is -3.78. The topological polar surface area (TPSA) is 91.0 Å². The van der Waals surface area contributed by atoms with E-state index in [0.29, 0.717) is 33.3 Å². The first-order valence-corrected chi connectivity index (χ1v) is 10.7. The fourth-order valence-corrected chi connectivity index (χ4v) is 4.23. The monoisotopic (exact) mass is 466 g/mol. The highest BCUT2D eigenvalue weighted by molar-refractivity contribution is 6.31. The molecule has 1 unspecified atom stereocenters. The lowest BCUT2D eigenvalue weighted by Gasteiger charge is -2.33. The Balaban J connectivity index is 1.57. The van der Waals surface area contributed by atoms with Gasteiger partial charge in [-0.25, -0.2) is 4.79 Å². The summed E-state index contributed by atoms with van der Waals surface area (Å²) in [5.41, 5.74) is 2.16. The van der Waals surface area contributed by atoms with Gasteiger partial charge in [0.15, 0.2) is 0 Å². The molecule has 2 aliphatic rings. The first-order valence-electron chi connectivity index (χ1n) is 10.3. The summed E-state index contributed by atoms with van der Waals surface area (Å²) in [7, 11) is 1.56. The Morgan fingerprint density at radius 1 is 1.24 bits per heavy atom. The van der Waals surface area contributed by atoms with E-state index in [1.807, 2.05) is 0 Å². The molecule has 0 fully saturated rings. The fourth-order valence-electron chi connectivity index (χ4n) is 3.99. The second-order valence-electron chi connectivity index (χ2n) is 7.60. The maximum Gasteiger partial charge on any atom is 0.322 e. The van der Waals surface area contributed by atoms with Gasteiger partial charge in [0.05, 0.1) is 31.0 Å². The van der Waals surface area contributed by atoms with Gasteiger partial charge in [0.25, 0.3) is 5.91 Å². The average molecular weight is 467 g/mol. The van der Waals surface area contributed by atoms with Gasteiger partial charge in [-0.15, -0.1) is 6.58 Å². The van der Waals surface area contributed by atoms with Crippen molar-refractivity contribution in [2.24, 2.45) is 0 Å². The van der Waals surface area contributed by atoms with Crippen LogP contribution in [0, 0.1) is 0 Å². The zero-order valence-electron chi connectivity index (χ0n) is 18.0. The van der Waals surface area contributed by atoms with Gasteiger partial charge in [-0.2, -0.15) is 0 Å². The van der Waals surface area contributed by atoms with Crippen molar-refractivity contribution in [1.82, 2.24) is 15.1 Å². The highest BCUT2D eigenvalue weighted by Gasteiger charge is 2.44. The molecule has 4 amide bonds. The Morgan fingerprint density at radius 3 is 2.64 bits per heavy atom. The molecule has 2 aromatic rings. The molecule has 2 aliphatic heterocycles. The molecule has 4 rings (SSSR count). The Labute approximate surface area is 196 Å². The minimum Gasteiger partial charge on any atom is -0.497 e. The van der Waals surface area contributed by atoms with Gasteiger partial charge in [-0.3, -0.25) is 14.5 Å². The third-order valence-electron chi connectivity index (χ3n) is 5.53. The summed E-state index contributed by atoms with van der Waals surface area (Å²) in [5.74, 6) is -0.00392. The second kappa shape index (κ2) is 9.38. The molecule has 2 N–H and O–H groups in total. The van der Waals surface area contributed by atoms with Crippen LogP contribution in [-0.2, 0) is 9.59 Å². The number of hydrogen-bond acceptors (Lipinski definition) is 4. The van der Waals surface area contributed by atoms with Gasteiger partial charge in [0, 0.05) is 17.3 Å². The molecule has 0 aliphatic carbocycles. The summed E-state index contributed by atoms with van der Waals surface area (Å²) in [6.07, 6.45) is 1.59. The van der Waals surface area contributed by atoms with Crippen molar-refractivity contribution in [3.05, 3.63) is 83.0 Å². The zero-order valence-corrected chi connectivity index (χ0v) is 18.8. The number of nitrogens with one attached hydrogen (secondary N) is 2. The van der Waals surface area contributed by atoms with Crippen LogP contribution in [-0.4, -0.2) is 54.4 Å². The lowest BCUT2D eigenvalue weighted by Crippen LogP contribution is -2.47. The van der Waals surface area contributed by atoms with Crippen molar-refractivity contribution in [2.75, 3.05) is 32.1 Å². The highest BCUT2D eigenvalue weighted by atomic mass is 35.5. The van der Waals surface area contributed by atoms with Crippen LogP contribution in [0.3, 0.4) is 0 Å². The molecule has 1 atom stereocenters. The predicted molar refractivity (Wildman–Crippen MR) is 125 cm³/mol. The van der Waals surface area contributed by atoms with Crippen molar-refractivity contribution in [3.63, 3.8) is 0 Å². The number of methoxy groups -OCH3 is 1. The summed E-state index contributed by atoms with van der Waals surface area (Å²) < 4.78 is 5.12. The van der Waals surface area contributed by atoms with Crippen molar-refractivity contribution in [1.29, 1.82) is 0 Å². The number of ether oxygens (including phenoxy) is 1. The average Bonchev–Trinajstić information content (AvgIpc) is 3.12. The van der Waals surface area contributed by atoms with E-state index >= 15 is 0 Å². The molecule has 2 heterocycles. The van der Waals surface area contributed by atoms with Gasteiger partial charge >= 0.3 is 6.03 Å². The standard InChI is InChI=1S/C24H23ClN4O4/c1-3-12-29-19-13-28(14-20(30)26-15-8-10-16(33-2)11-9-15)23(31)21(19)22(27-24(29)32)17-6-4-5-7-18(17)25/h3-11,22H,1,12-14H2,2H3,(H,26,30)(H,27,32). The first-order chi connectivity index (χ1) is 15.9. The summed E-state index contributed by atoms with van der Waals surface area (Å²) in [5, 5.41) is 6.09. The van der Waals surface area contributed by atoms with Gasteiger partial charge < -0.3 is 20.3 Å². The number of hydrogen-bond donors (Lipinski definition) is 2. The van der Waals surface area contributed by atoms with E-state index < -0.39 is 6.04 Å². The quantitative estimate of drug-likeness (QED) is 0.612. The van der Waals surface area contributed by atoms with Crippen LogP contribution in [0.2, 0.25) is 5.02 Å². The molecular formula is C24H23ClN4O4. The second-order valence-corrected chi connectivity index (χ2v) is 8.01. The summed E-state index contributed by atoms with van der Waals surface area (Å²) in [6.45, 7) is 3.91. The van der Waals surface area contributed by atoms with E-state index in [-0.39, 0.29) is 37.5 Å². The molecule has 0 saturated heterocycles. The lowest BCUT2D eigenvalue weighted by atomic mass is 9.95. The Kier molecular flexibility index (Phi) is 6.37. The van der Waals surface area contributed by atoms with Gasteiger partial charge in [0.1, 0.15) is 12.3 Å². The molecule has 0 spiro atoms. The number of urea groups is 1. The van der Waals surface area contributed by atoms with Gasteiger partial charge in [0.2, 0.25) is 5.91 Å². The summed E-state index contributed by atoms with van der Waals surface area (Å²) in [4.78, 5) is 41.8. The van der Waals surface area contributed by atoms with Crippen LogP contribution in [0.5, 0.6) is 5.75 Å². The Bertz CT molecular complexity index is 1150. The lowest BCUT2D eigenvalue weighted by molar-refractivity contribution is -0.130. The van der Waals surface area contributed by atoms with E-state index in [0.717, 1.165) is 0 Å². The number of anilines is 1. The molecule has 170 valence electrons. The van der Waals surface area contributed by atoms with Crippen molar-refractivity contribution in [3.8, 4) is 5.75 Å². The number of carbonyl (C=O) groups excluding carboxylic acids is 3. The number of amides is 4. The maximum atomic E-state index is 13.4. The third kappa shape index (κ3) is 4.42. The maximum absolute atomic E-state index is 13.4. The largest absolute Gasteiger partial charge is 0.497 e. The van der Waals surface area contributed by atoms with Crippen LogP contribution in [0.25, 0.3) is 0 Å². The molecule has 0 aromatic heterocycles. The molecule has 0 radical (unpaired) electrons. The number of carbonyl (C=O) groups is 3. The van der Waals surface area contributed by atoms with Crippen molar-refractivity contribution in [2.45, 2.75) is 6.04 Å². The Morgan fingerprint density at radius 2 is 1.97 bits per heavy atom. The molecule has 8 nitrogen and oxygen atoms in total. The zero-order chi connectivity index (χ0) is 23.5. The number of nitrogens with zero attached hydrogens (tertiary/aromatic N) is 2. The van der Waals surface area contributed by atoms with Crippen LogP contribution in [0.15, 0.2) is 72.5 Å². The number of benzene rings is 2. The molecule has 0 saturated carbocycles. The molecule has 0 bridgehead atoms. The molecule has 2 aromatic carbocycles. The smallest absolute Gasteiger partial charge is 0.322 e. The van der Waals surface area contributed by atoms with E-state index in [1.165, 1.54) is 9.80 Å². The van der Waals surface area contributed by atoms with Crippen LogP contribution >= 0.6 is 11.6 Å². The van der Waals surface area contributed by atoms with Crippen LogP contribution in [0.1, 0.15) is 11.6 Å². The third-order valence-corrected chi connectivity index (χ3v) is 5.88. The van der Waals surface area contributed by atoms with E-state index in [4.69, 9.17) is 16.3 Å². The van der Waals surface area contributed by atoms with Gasteiger partial charge in [-0.05, 0) is 35.9 Å². The first kappa shape index (κ1) is 22.4. The molecule has 9 heteroatoms. The fraction of sp³-hybridized carbons (Fsp3) is 0.208.